The number of aliphatic hydroxyl groups excluding tert-OH is 1. The summed E-state index contributed by atoms with van der Waals surface area (Å²) in [5, 5.41) is 13.2. The van der Waals surface area contributed by atoms with E-state index in [4.69, 9.17) is 16.3 Å². The average molecular weight is 326 g/mol. The van der Waals surface area contributed by atoms with Crippen molar-refractivity contribution in [3.8, 4) is 0 Å². The highest BCUT2D eigenvalue weighted by molar-refractivity contribution is 6.33. The third-order valence-corrected chi connectivity index (χ3v) is 4.40. The Balaban J connectivity index is 1.92. The highest BCUT2D eigenvalue weighted by atomic mass is 35.5. The van der Waals surface area contributed by atoms with Crippen LogP contribution in [0.2, 0.25) is 5.02 Å². The topological polar surface area (TPSA) is 75.6 Å². The minimum atomic E-state index is -0.613. The van der Waals surface area contributed by atoms with Gasteiger partial charge in [0.05, 0.1) is 29.7 Å². The number of halogens is 1. The van der Waals surface area contributed by atoms with Crippen LogP contribution < -0.4 is 5.32 Å². The second-order valence-electron chi connectivity index (χ2n) is 5.71. The molecule has 0 aliphatic heterocycles. The number of aliphatic hydroxyl groups is 1. The minimum Gasteiger partial charge on any atom is -0.469 e. The highest BCUT2D eigenvalue weighted by Crippen LogP contribution is 2.31. The number of carbonyl (C=O) groups excluding carboxylic acids is 2. The van der Waals surface area contributed by atoms with Crippen LogP contribution in [0.3, 0.4) is 0 Å². The summed E-state index contributed by atoms with van der Waals surface area (Å²) in [6, 6.07) is 5.22. The fourth-order valence-electron chi connectivity index (χ4n) is 2.80. The predicted molar refractivity (Wildman–Crippen MR) is 82.8 cm³/mol. The van der Waals surface area contributed by atoms with E-state index >= 15 is 0 Å². The van der Waals surface area contributed by atoms with Gasteiger partial charge in [0.1, 0.15) is 0 Å². The monoisotopic (exact) mass is 325 g/mol. The Kier molecular flexibility index (Phi) is 5.42. The maximum Gasteiger partial charge on any atom is 0.308 e. The molecule has 0 heterocycles. The van der Waals surface area contributed by atoms with Crippen molar-refractivity contribution in [2.24, 2.45) is 11.8 Å². The van der Waals surface area contributed by atoms with Gasteiger partial charge < -0.3 is 15.2 Å². The zero-order valence-corrected chi connectivity index (χ0v) is 13.4. The van der Waals surface area contributed by atoms with Crippen LogP contribution >= 0.6 is 11.6 Å². The zero-order valence-electron chi connectivity index (χ0n) is 12.6. The first-order chi connectivity index (χ1) is 10.4. The average Bonchev–Trinajstić information content (AvgIpc) is 2.85. The van der Waals surface area contributed by atoms with Crippen LogP contribution in [-0.4, -0.2) is 36.7 Å². The molecule has 1 unspecified atom stereocenters. The molecule has 3 atom stereocenters. The summed E-state index contributed by atoms with van der Waals surface area (Å²) < 4.78 is 4.70. The highest BCUT2D eigenvalue weighted by Gasteiger charge is 2.37. The van der Waals surface area contributed by atoms with Crippen LogP contribution in [0.1, 0.15) is 28.8 Å². The van der Waals surface area contributed by atoms with E-state index in [2.05, 4.69) is 5.32 Å². The molecule has 0 bridgehead atoms. The van der Waals surface area contributed by atoms with Gasteiger partial charge >= 0.3 is 5.97 Å². The lowest BCUT2D eigenvalue weighted by Gasteiger charge is -2.15. The van der Waals surface area contributed by atoms with E-state index < -0.39 is 6.10 Å². The van der Waals surface area contributed by atoms with Gasteiger partial charge in [0.15, 0.2) is 0 Å². The molecule has 1 aromatic rings. The van der Waals surface area contributed by atoms with Gasteiger partial charge in [-0.05, 0) is 37.5 Å². The van der Waals surface area contributed by atoms with Crippen LogP contribution in [0.4, 0.5) is 0 Å². The molecule has 0 aromatic heterocycles. The number of esters is 1. The van der Waals surface area contributed by atoms with Crippen LogP contribution in [0.25, 0.3) is 0 Å². The van der Waals surface area contributed by atoms with Crippen molar-refractivity contribution in [2.75, 3.05) is 13.7 Å². The summed E-state index contributed by atoms with van der Waals surface area (Å²) in [5.41, 5.74) is 1.39. The lowest BCUT2D eigenvalue weighted by molar-refractivity contribution is -0.145. The predicted octanol–water partition coefficient (Wildman–Crippen LogP) is 1.94. The van der Waals surface area contributed by atoms with Gasteiger partial charge in [0.25, 0.3) is 5.91 Å². The Morgan fingerprint density at radius 2 is 2.14 bits per heavy atom. The molecule has 1 aliphatic rings. The molecule has 0 spiro atoms. The summed E-state index contributed by atoms with van der Waals surface area (Å²) in [4.78, 5) is 23.6. The van der Waals surface area contributed by atoms with Gasteiger partial charge in [-0.3, -0.25) is 9.59 Å². The maximum atomic E-state index is 12.1. The second-order valence-corrected chi connectivity index (χ2v) is 6.12. The Labute approximate surface area is 134 Å². The van der Waals surface area contributed by atoms with Gasteiger partial charge in [-0.25, -0.2) is 0 Å². The number of ether oxygens (including phenoxy) is 1. The summed E-state index contributed by atoms with van der Waals surface area (Å²) in [5.74, 6) is -1.05. The smallest absolute Gasteiger partial charge is 0.308 e. The first-order valence-electron chi connectivity index (χ1n) is 7.22. The third kappa shape index (κ3) is 3.78. The van der Waals surface area contributed by atoms with E-state index in [0.29, 0.717) is 30.0 Å². The lowest BCUT2D eigenvalue weighted by Crippen LogP contribution is -2.32. The lowest BCUT2D eigenvalue weighted by atomic mass is 10.0. The van der Waals surface area contributed by atoms with E-state index in [0.717, 1.165) is 5.56 Å². The first-order valence-corrected chi connectivity index (χ1v) is 7.60. The zero-order chi connectivity index (χ0) is 16.3. The number of carbonyl (C=O) groups is 2. The van der Waals surface area contributed by atoms with Gasteiger partial charge in [-0.1, -0.05) is 17.7 Å². The van der Waals surface area contributed by atoms with Crippen LogP contribution in [0.5, 0.6) is 0 Å². The van der Waals surface area contributed by atoms with Crippen molar-refractivity contribution in [1.82, 2.24) is 5.32 Å². The molecule has 0 radical (unpaired) electrons. The Morgan fingerprint density at radius 1 is 1.41 bits per heavy atom. The number of nitrogens with one attached hydrogen (secondary N) is 1. The molecule has 1 aliphatic carbocycles. The van der Waals surface area contributed by atoms with Crippen molar-refractivity contribution >= 4 is 23.5 Å². The Hall–Kier alpha value is -1.59. The third-order valence-electron chi connectivity index (χ3n) is 4.09. The van der Waals surface area contributed by atoms with E-state index in [1.807, 2.05) is 13.0 Å². The molecule has 22 heavy (non-hydrogen) atoms. The molecule has 2 rings (SSSR count). The number of methoxy groups -OCH3 is 1. The minimum absolute atomic E-state index is 0.155. The standard InChI is InChI=1S/C16H20ClNO4/c1-9-3-4-12(13(17)5-9)15(20)18-8-11-6-10(7-14(11)19)16(21)22-2/h3-5,10-11,14,19H,6-8H2,1-2H3,(H,18,20)/t10?,11-,14-/m1/s1. The number of benzene rings is 1. The first kappa shape index (κ1) is 16.8. The maximum absolute atomic E-state index is 12.1. The quantitative estimate of drug-likeness (QED) is 0.830. The number of amides is 1. The van der Waals surface area contributed by atoms with Crippen LogP contribution in [0, 0.1) is 18.8 Å². The summed E-state index contributed by atoms with van der Waals surface area (Å²) >= 11 is 6.06. The van der Waals surface area contributed by atoms with Crippen molar-refractivity contribution < 1.29 is 19.4 Å². The molecule has 1 saturated carbocycles. The molecule has 2 N–H and O–H groups in total. The van der Waals surface area contributed by atoms with Crippen molar-refractivity contribution in [2.45, 2.75) is 25.9 Å². The van der Waals surface area contributed by atoms with Crippen molar-refractivity contribution in [3.05, 3.63) is 34.3 Å². The number of hydrogen-bond acceptors (Lipinski definition) is 4. The summed E-state index contributed by atoms with van der Waals surface area (Å²) in [6.45, 7) is 2.20. The molecule has 0 saturated heterocycles. The molecule has 1 fully saturated rings. The van der Waals surface area contributed by atoms with Crippen LogP contribution in [0.15, 0.2) is 18.2 Å². The molecule has 6 heteroatoms. The van der Waals surface area contributed by atoms with Gasteiger partial charge in [0.2, 0.25) is 0 Å². The normalized spacial score (nSPS) is 24.1. The van der Waals surface area contributed by atoms with Crippen molar-refractivity contribution in [3.63, 3.8) is 0 Å². The molecule has 5 nitrogen and oxygen atoms in total. The van der Waals surface area contributed by atoms with Crippen molar-refractivity contribution in [1.29, 1.82) is 0 Å². The molecular weight excluding hydrogens is 306 g/mol. The molecular formula is C16H20ClNO4. The Bertz CT molecular complexity index is 575. The largest absolute Gasteiger partial charge is 0.469 e. The van der Waals surface area contributed by atoms with Gasteiger partial charge in [0, 0.05) is 12.5 Å². The van der Waals surface area contributed by atoms with Crippen LogP contribution in [-0.2, 0) is 9.53 Å². The summed E-state index contributed by atoms with van der Waals surface area (Å²) in [6.07, 6.45) is 0.270. The van der Waals surface area contributed by atoms with E-state index in [1.165, 1.54) is 7.11 Å². The molecule has 120 valence electrons. The second kappa shape index (κ2) is 7.11. The van der Waals surface area contributed by atoms with Gasteiger partial charge in [-0.15, -0.1) is 0 Å². The number of rotatable bonds is 4. The van der Waals surface area contributed by atoms with E-state index in [-0.39, 0.29) is 23.7 Å². The fraction of sp³-hybridized carbons (Fsp3) is 0.500. The molecule has 1 aromatic carbocycles. The SMILES string of the molecule is COC(=O)C1C[C@H](CNC(=O)c2ccc(C)cc2Cl)[C@H](O)C1. The number of hydrogen-bond donors (Lipinski definition) is 2. The number of aryl methyl sites for hydroxylation is 1. The van der Waals surface area contributed by atoms with E-state index in [9.17, 15) is 14.7 Å². The Morgan fingerprint density at radius 3 is 2.77 bits per heavy atom. The van der Waals surface area contributed by atoms with E-state index in [1.54, 1.807) is 12.1 Å². The summed E-state index contributed by atoms with van der Waals surface area (Å²) in [7, 11) is 1.34. The van der Waals surface area contributed by atoms with Gasteiger partial charge in [-0.2, -0.15) is 0 Å². The molecule has 1 amide bonds. The fourth-order valence-corrected chi connectivity index (χ4v) is 3.13.